The number of nitrogens with zero attached hydrogens (tertiary/aromatic N) is 2. The van der Waals surface area contributed by atoms with Crippen molar-refractivity contribution in [2.75, 3.05) is 0 Å². The second-order valence-electron chi connectivity index (χ2n) is 4.08. The van der Waals surface area contributed by atoms with E-state index in [2.05, 4.69) is 0 Å². The third-order valence-electron chi connectivity index (χ3n) is 3.61. The highest BCUT2D eigenvalue weighted by Gasteiger charge is 2.79. The zero-order chi connectivity index (χ0) is 10.9. The molecule has 0 N–H and O–H groups in total. The second kappa shape index (κ2) is 2.00. The Hall–Kier alpha value is -1.59. The second-order valence-corrected chi connectivity index (χ2v) is 6.44. The van der Waals surface area contributed by atoms with Crippen LogP contribution in [-0.4, -0.2) is 17.9 Å². The monoisotopic (exact) mass is 218 g/mol. The third-order valence-corrected chi connectivity index (χ3v) is 6.39. The lowest BCUT2D eigenvalue weighted by molar-refractivity contribution is 0.570. The zero-order valence-electron chi connectivity index (χ0n) is 7.58. The smallest absolute Gasteiger partial charge is 0.196 e. The van der Waals surface area contributed by atoms with Gasteiger partial charge in [0.25, 0.3) is 0 Å². The Morgan fingerprint density at radius 3 is 2.00 bits per heavy atom. The molecule has 2 heterocycles. The van der Waals surface area contributed by atoms with Crippen molar-refractivity contribution in [3.8, 4) is 12.1 Å². The molecular formula is C10H6N2O2S. The number of rotatable bonds is 0. The van der Waals surface area contributed by atoms with Crippen molar-refractivity contribution in [3.05, 3.63) is 24.3 Å². The Bertz CT molecular complexity index is 580. The first-order valence-corrected chi connectivity index (χ1v) is 5.99. The van der Waals surface area contributed by atoms with Gasteiger partial charge >= 0.3 is 0 Å². The maximum absolute atomic E-state index is 12.2. The number of hydrogen-bond acceptors (Lipinski definition) is 4. The molecule has 0 radical (unpaired) electrons. The molecule has 4 nitrogen and oxygen atoms in total. The molecule has 3 aliphatic rings. The fourth-order valence-corrected chi connectivity index (χ4v) is 5.07. The molecule has 15 heavy (non-hydrogen) atoms. The van der Waals surface area contributed by atoms with Gasteiger partial charge in [0.1, 0.15) is 0 Å². The lowest BCUT2D eigenvalue weighted by atomic mass is 10.1. The van der Waals surface area contributed by atoms with E-state index in [1.54, 1.807) is 18.2 Å². The minimum Gasteiger partial charge on any atom is -0.225 e. The topological polar surface area (TPSA) is 81.7 Å². The van der Waals surface area contributed by atoms with Crippen LogP contribution >= 0.6 is 0 Å². The summed E-state index contributed by atoms with van der Waals surface area (Å²) in [7, 11) is -3.75. The van der Waals surface area contributed by atoms with Crippen LogP contribution in [0.4, 0.5) is 0 Å². The molecule has 1 aliphatic carbocycles. The molecule has 2 aliphatic heterocycles. The van der Waals surface area contributed by atoms with Gasteiger partial charge in [0, 0.05) is 11.8 Å². The lowest BCUT2D eigenvalue weighted by Gasteiger charge is -2.27. The van der Waals surface area contributed by atoms with Gasteiger partial charge < -0.3 is 0 Å². The van der Waals surface area contributed by atoms with Crippen LogP contribution in [0.2, 0.25) is 0 Å². The van der Waals surface area contributed by atoms with Crippen LogP contribution in [0.15, 0.2) is 24.3 Å². The normalized spacial score (nSPS) is 51.6. The van der Waals surface area contributed by atoms with Crippen molar-refractivity contribution >= 4 is 9.84 Å². The quantitative estimate of drug-likeness (QED) is 0.548. The van der Waals surface area contributed by atoms with Gasteiger partial charge in [-0.15, -0.1) is 0 Å². The summed E-state index contributed by atoms with van der Waals surface area (Å²) in [6.45, 7) is 0. The molecule has 74 valence electrons. The Balaban J connectivity index is 2.44. The zero-order valence-corrected chi connectivity index (χ0v) is 8.40. The van der Waals surface area contributed by atoms with E-state index in [0.29, 0.717) is 0 Å². The predicted molar refractivity (Wildman–Crippen MR) is 50.9 cm³/mol. The number of sulfone groups is 1. The molecule has 0 aromatic rings. The van der Waals surface area contributed by atoms with E-state index in [0.717, 1.165) is 0 Å². The van der Waals surface area contributed by atoms with Gasteiger partial charge in [-0.1, -0.05) is 12.2 Å². The van der Waals surface area contributed by atoms with Gasteiger partial charge in [0.15, 0.2) is 19.3 Å². The molecule has 0 aromatic carbocycles. The van der Waals surface area contributed by atoms with E-state index >= 15 is 0 Å². The van der Waals surface area contributed by atoms with Crippen LogP contribution in [0.25, 0.3) is 0 Å². The van der Waals surface area contributed by atoms with Gasteiger partial charge in [-0.2, -0.15) is 10.5 Å². The lowest BCUT2D eigenvalue weighted by Crippen LogP contribution is -2.46. The first-order valence-electron chi connectivity index (χ1n) is 4.51. The van der Waals surface area contributed by atoms with Crippen LogP contribution in [0.3, 0.4) is 0 Å². The Morgan fingerprint density at radius 2 is 1.60 bits per heavy atom. The molecule has 2 bridgehead atoms. The van der Waals surface area contributed by atoms with Crippen molar-refractivity contribution in [2.45, 2.75) is 9.49 Å². The molecule has 1 saturated carbocycles. The van der Waals surface area contributed by atoms with Gasteiger partial charge in [0.2, 0.25) is 0 Å². The van der Waals surface area contributed by atoms with Crippen molar-refractivity contribution in [2.24, 2.45) is 11.8 Å². The van der Waals surface area contributed by atoms with Gasteiger partial charge in [-0.3, -0.25) is 0 Å². The summed E-state index contributed by atoms with van der Waals surface area (Å²) in [4.78, 5) is 0. The van der Waals surface area contributed by atoms with Gasteiger partial charge in [-0.05, 0) is 12.2 Å². The third kappa shape index (κ3) is 0.574. The summed E-state index contributed by atoms with van der Waals surface area (Å²) >= 11 is 0. The maximum Gasteiger partial charge on any atom is 0.196 e. The van der Waals surface area contributed by atoms with E-state index in [9.17, 15) is 8.42 Å². The van der Waals surface area contributed by atoms with Crippen molar-refractivity contribution in [1.82, 2.24) is 0 Å². The molecule has 0 unspecified atom stereocenters. The molecule has 0 aromatic heterocycles. The summed E-state index contributed by atoms with van der Waals surface area (Å²) in [6.07, 6.45) is 6.20. The molecule has 2 atom stereocenters. The molecule has 0 spiro atoms. The summed E-state index contributed by atoms with van der Waals surface area (Å²) in [6, 6.07) is 3.69. The summed E-state index contributed by atoms with van der Waals surface area (Å²) in [5.41, 5.74) is 0. The van der Waals surface area contributed by atoms with Crippen LogP contribution in [0, 0.1) is 34.5 Å². The SMILES string of the molecule is N#CC12C=C[C@H]3[C@H](C=C1)C3(C#N)S2(=O)=O. The van der Waals surface area contributed by atoms with Crippen LogP contribution in [0.5, 0.6) is 0 Å². The highest BCUT2D eigenvalue weighted by Crippen LogP contribution is 2.65. The summed E-state index contributed by atoms with van der Waals surface area (Å²) in [5, 5.41) is 18.1. The van der Waals surface area contributed by atoms with E-state index in [1.165, 1.54) is 12.2 Å². The number of allylic oxidation sites excluding steroid dienone is 2. The predicted octanol–water partition coefficient (Wildman–Crippen LogP) is 0.312. The highest BCUT2D eigenvalue weighted by atomic mass is 32.2. The van der Waals surface area contributed by atoms with Crippen molar-refractivity contribution < 1.29 is 8.42 Å². The first-order chi connectivity index (χ1) is 7.06. The Kier molecular flexibility index (Phi) is 1.16. The first kappa shape index (κ1) is 8.70. The molecule has 1 fully saturated rings. The van der Waals surface area contributed by atoms with E-state index in [4.69, 9.17) is 10.5 Å². The fraction of sp³-hybridized carbons (Fsp3) is 0.400. The molecular weight excluding hydrogens is 212 g/mol. The molecule has 0 saturated heterocycles. The Labute approximate surface area is 87.0 Å². The fourth-order valence-electron chi connectivity index (χ4n) is 2.65. The minimum absolute atomic E-state index is 0.257. The number of hydrogen-bond donors (Lipinski definition) is 0. The van der Waals surface area contributed by atoms with Crippen LogP contribution < -0.4 is 0 Å². The Morgan fingerprint density at radius 1 is 1.07 bits per heavy atom. The van der Waals surface area contributed by atoms with E-state index < -0.39 is 19.3 Å². The summed E-state index contributed by atoms with van der Waals surface area (Å²) in [5.74, 6) is -0.513. The average molecular weight is 218 g/mol. The van der Waals surface area contributed by atoms with E-state index in [1.807, 2.05) is 6.07 Å². The van der Waals surface area contributed by atoms with Crippen LogP contribution in [0.1, 0.15) is 0 Å². The van der Waals surface area contributed by atoms with Crippen molar-refractivity contribution in [1.29, 1.82) is 10.5 Å². The highest BCUT2D eigenvalue weighted by molar-refractivity contribution is 7.95. The summed E-state index contributed by atoms with van der Waals surface area (Å²) < 4.78 is 21.4. The molecule has 5 heteroatoms. The average Bonchev–Trinajstić information content (AvgIpc) is 2.89. The van der Waals surface area contributed by atoms with Crippen LogP contribution in [-0.2, 0) is 9.84 Å². The number of fused-ring (bicyclic) bond motifs is 2. The standard InChI is InChI=1S/C10H6N2O2S/c11-5-9-3-1-7-8(2-4-9)10(7,6-12)15(9,13)14/h1-4,7-8H/t7-,8-,9?,10?/m0/s1. The number of nitriles is 2. The van der Waals surface area contributed by atoms with Gasteiger partial charge in [-0.25, -0.2) is 8.42 Å². The van der Waals surface area contributed by atoms with Gasteiger partial charge in [0.05, 0.1) is 12.1 Å². The van der Waals surface area contributed by atoms with Crippen molar-refractivity contribution in [3.63, 3.8) is 0 Å². The largest absolute Gasteiger partial charge is 0.225 e. The van der Waals surface area contributed by atoms with E-state index in [-0.39, 0.29) is 11.8 Å². The molecule has 3 rings (SSSR count). The minimum atomic E-state index is -3.75. The maximum atomic E-state index is 12.2. The molecule has 0 amide bonds.